The average molecular weight is 474 g/mol. The van der Waals surface area contributed by atoms with Crippen molar-refractivity contribution in [2.45, 2.75) is 83.2 Å². The number of hydrogen-bond acceptors (Lipinski definition) is 5. The van der Waals surface area contributed by atoms with E-state index in [1.165, 1.54) is 11.1 Å². The Morgan fingerprint density at radius 2 is 1.79 bits per heavy atom. The fourth-order valence-corrected chi connectivity index (χ4v) is 5.67. The lowest BCUT2D eigenvalue weighted by Gasteiger charge is -2.44. The van der Waals surface area contributed by atoms with E-state index in [9.17, 15) is 10.2 Å². The first-order valence-electron chi connectivity index (χ1n) is 11.9. The van der Waals surface area contributed by atoms with Gasteiger partial charge in [0.15, 0.2) is 0 Å². The van der Waals surface area contributed by atoms with Crippen molar-refractivity contribution in [3.05, 3.63) is 57.6 Å². The van der Waals surface area contributed by atoms with Crippen LogP contribution in [0.1, 0.15) is 61.3 Å². The molecular weight excluding hydrogens is 438 g/mol. The summed E-state index contributed by atoms with van der Waals surface area (Å²) in [5, 5.41) is 21.6. The van der Waals surface area contributed by atoms with Gasteiger partial charge in [0.25, 0.3) is 0 Å². The summed E-state index contributed by atoms with van der Waals surface area (Å²) in [5.74, 6) is 1.50. The third kappa shape index (κ3) is 5.02. The lowest BCUT2D eigenvalue weighted by atomic mass is 9.80. The molecule has 2 aliphatic rings. The van der Waals surface area contributed by atoms with Crippen LogP contribution >= 0.6 is 11.6 Å². The summed E-state index contributed by atoms with van der Waals surface area (Å²) < 4.78 is 11.3. The van der Waals surface area contributed by atoms with Crippen molar-refractivity contribution in [1.82, 2.24) is 4.90 Å². The summed E-state index contributed by atoms with van der Waals surface area (Å²) in [5.41, 5.74) is 3.77. The summed E-state index contributed by atoms with van der Waals surface area (Å²) in [7, 11) is 1.61. The number of halogens is 1. The van der Waals surface area contributed by atoms with Crippen LogP contribution in [0.3, 0.4) is 0 Å². The van der Waals surface area contributed by atoms with Crippen molar-refractivity contribution in [1.29, 1.82) is 0 Å². The number of rotatable bonds is 8. The maximum absolute atomic E-state index is 11.6. The zero-order valence-electron chi connectivity index (χ0n) is 20.1. The normalized spacial score (nSPS) is 25.8. The highest BCUT2D eigenvalue weighted by Gasteiger charge is 2.48. The van der Waals surface area contributed by atoms with Crippen molar-refractivity contribution >= 4 is 11.6 Å². The summed E-state index contributed by atoms with van der Waals surface area (Å²) in [6.07, 6.45) is 3.92. The number of methoxy groups -OCH3 is 1. The highest BCUT2D eigenvalue weighted by atomic mass is 35.5. The molecule has 2 aromatic carbocycles. The van der Waals surface area contributed by atoms with E-state index in [0.29, 0.717) is 48.7 Å². The smallest absolute Gasteiger partial charge is 0.137 e. The van der Waals surface area contributed by atoms with Crippen LogP contribution < -0.4 is 9.47 Å². The van der Waals surface area contributed by atoms with Crippen molar-refractivity contribution in [2.75, 3.05) is 13.7 Å². The first kappa shape index (κ1) is 24.3. The van der Waals surface area contributed by atoms with Crippen LogP contribution in [0.2, 0.25) is 5.02 Å². The molecule has 0 spiro atoms. The Hall–Kier alpha value is -1.79. The van der Waals surface area contributed by atoms with Crippen LogP contribution in [0.15, 0.2) is 30.3 Å². The molecule has 4 rings (SSSR count). The van der Waals surface area contributed by atoms with Gasteiger partial charge >= 0.3 is 0 Å². The van der Waals surface area contributed by atoms with Gasteiger partial charge in [-0.3, -0.25) is 4.90 Å². The summed E-state index contributed by atoms with van der Waals surface area (Å²) in [6.45, 7) is 7.45. The molecule has 0 aliphatic carbocycles. The van der Waals surface area contributed by atoms with Gasteiger partial charge in [-0.25, -0.2) is 0 Å². The second-order valence-corrected chi connectivity index (χ2v) is 10.2. The van der Waals surface area contributed by atoms with Crippen LogP contribution in [-0.2, 0) is 12.1 Å². The number of fused-ring (bicyclic) bond motifs is 2. The minimum absolute atomic E-state index is 0.345. The Morgan fingerprint density at radius 3 is 2.42 bits per heavy atom. The van der Waals surface area contributed by atoms with E-state index in [2.05, 4.69) is 30.9 Å². The molecule has 0 radical (unpaired) electrons. The molecule has 6 heteroatoms. The summed E-state index contributed by atoms with van der Waals surface area (Å²) in [4.78, 5) is 2.58. The highest BCUT2D eigenvalue weighted by Crippen LogP contribution is 2.47. The SMILES string of the molecule is COc1cc(C2(O)CC3CCC(C2)N3Cc2ccc(OCC[C@H](C)O)c(C)c2C)ccc1Cl. The number of aliphatic hydroxyl groups excluding tert-OH is 1. The van der Waals surface area contributed by atoms with Gasteiger partial charge in [0.1, 0.15) is 11.5 Å². The van der Waals surface area contributed by atoms with E-state index in [1.54, 1.807) is 14.0 Å². The van der Waals surface area contributed by atoms with Crippen LogP contribution in [0.5, 0.6) is 11.5 Å². The summed E-state index contributed by atoms with van der Waals surface area (Å²) >= 11 is 6.21. The third-order valence-corrected chi connectivity index (χ3v) is 7.91. The fraction of sp³-hybridized carbons (Fsp3) is 0.556. The molecule has 2 heterocycles. The Labute approximate surface area is 202 Å². The monoisotopic (exact) mass is 473 g/mol. The largest absolute Gasteiger partial charge is 0.495 e. The molecular formula is C27H36ClNO4. The highest BCUT2D eigenvalue weighted by molar-refractivity contribution is 6.32. The number of benzene rings is 2. The van der Waals surface area contributed by atoms with Gasteiger partial charge in [-0.15, -0.1) is 0 Å². The van der Waals surface area contributed by atoms with Crippen molar-refractivity contribution in [2.24, 2.45) is 0 Å². The molecule has 33 heavy (non-hydrogen) atoms. The van der Waals surface area contributed by atoms with E-state index in [4.69, 9.17) is 21.1 Å². The molecule has 2 aromatic rings. The molecule has 2 aliphatic heterocycles. The lowest BCUT2D eigenvalue weighted by molar-refractivity contribution is -0.0596. The Kier molecular flexibility index (Phi) is 7.25. The van der Waals surface area contributed by atoms with Crippen LogP contribution in [0.4, 0.5) is 0 Å². The molecule has 2 bridgehead atoms. The Balaban J connectivity index is 1.48. The number of nitrogens with zero attached hydrogens (tertiary/aromatic N) is 1. The van der Waals surface area contributed by atoms with Gasteiger partial charge in [0, 0.05) is 25.0 Å². The number of aliphatic hydroxyl groups is 2. The van der Waals surface area contributed by atoms with Gasteiger partial charge in [-0.2, -0.15) is 0 Å². The average Bonchev–Trinajstić information content (AvgIpc) is 3.02. The second kappa shape index (κ2) is 9.83. The topological polar surface area (TPSA) is 62.2 Å². The predicted molar refractivity (Wildman–Crippen MR) is 131 cm³/mol. The number of ether oxygens (including phenoxy) is 2. The van der Waals surface area contributed by atoms with Gasteiger partial charge in [-0.05, 0) is 86.9 Å². The fourth-order valence-electron chi connectivity index (χ4n) is 5.47. The van der Waals surface area contributed by atoms with Crippen LogP contribution in [0.25, 0.3) is 0 Å². The molecule has 2 saturated heterocycles. The molecule has 2 fully saturated rings. The van der Waals surface area contributed by atoms with Gasteiger partial charge < -0.3 is 19.7 Å². The quantitative estimate of drug-likeness (QED) is 0.556. The molecule has 0 saturated carbocycles. The van der Waals surface area contributed by atoms with Crippen molar-refractivity contribution < 1.29 is 19.7 Å². The molecule has 0 aromatic heterocycles. The Morgan fingerprint density at radius 1 is 1.09 bits per heavy atom. The molecule has 0 amide bonds. The molecule has 2 N–H and O–H groups in total. The molecule has 3 atom stereocenters. The zero-order valence-corrected chi connectivity index (χ0v) is 20.9. The van der Waals surface area contributed by atoms with E-state index in [1.807, 2.05) is 18.2 Å². The molecule has 180 valence electrons. The maximum atomic E-state index is 11.6. The van der Waals surface area contributed by atoms with E-state index in [-0.39, 0.29) is 6.10 Å². The van der Waals surface area contributed by atoms with Crippen molar-refractivity contribution in [3.8, 4) is 11.5 Å². The van der Waals surface area contributed by atoms with Crippen molar-refractivity contribution in [3.63, 3.8) is 0 Å². The zero-order chi connectivity index (χ0) is 23.8. The minimum Gasteiger partial charge on any atom is -0.495 e. The number of piperidine rings is 1. The van der Waals surface area contributed by atoms with E-state index >= 15 is 0 Å². The van der Waals surface area contributed by atoms with Gasteiger partial charge in [0.2, 0.25) is 0 Å². The van der Waals surface area contributed by atoms with Gasteiger partial charge in [-0.1, -0.05) is 23.7 Å². The molecule has 2 unspecified atom stereocenters. The Bertz CT molecular complexity index is 978. The summed E-state index contributed by atoms with van der Waals surface area (Å²) in [6, 6.07) is 10.6. The second-order valence-electron chi connectivity index (χ2n) is 9.81. The first-order chi connectivity index (χ1) is 15.7. The predicted octanol–water partition coefficient (Wildman–Crippen LogP) is 5.13. The standard InChI is InChI=1S/C27H36ClNO4/c1-17(30)11-12-33-25-10-5-20(18(2)19(25)3)16-29-22-7-8-23(29)15-27(31,14-22)21-6-9-24(28)26(13-21)32-4/h5-6,9-10,13,17,22-23,30-31H,7-8,11-12,14-16H2,1-4H3/t17-,22?,23?,27?/m0/s1. The van der Waals surface area contributed by atoms with Crippen LogP contribution in [-0.4, -0.2) is 47.0 Å². The minimum atomic E-state index is -0.854. The van der Waals surface area contributed by atoms with E-state index < -0.39 is 5.60 Å². The first-order valence-corrected chi connectivity index (χ1v) is 12.3. The van der Waals surface area contributed by atoms with Gasteiger partial charge in [0.05, 0.1) is 30.4 Å². The molecule has 5 nitrogen and oxygen atoms in total. The maximum Gasteiger partial charge on any atom is 0.137 e. The third-order valence-electron chi connectivity index (χ3n) is 7.60. The van der Waals surface area contributed by atoms with E-state index in [0.717, 1.165) is 36.3 Å². The van der Waals surface area contributed by atoms with Crippen LogP contribution in [0, 0.1) is 13.8 Å². The number of hydrogen-bond donors (Lipinski definition) is 2. The lowest BCUT2D eigenvalue weighted by Crippen LogP contribution is -2.49.